The van der Waals surface area contributed by atoms with Crippen molar-refractivity contribution in [1.29, 1.82) is 0 Å². The van der Waals surface area contributed by atoms with Crippen LogP contribution in [0.4, 0.5) is 0 Å². The molecule has 0 aromatic rings. The molecule has 0 amide bonds. The zero-order chi connectivity index (χ0) is 13.6. The summed E-state index contributed by atoms with van der Waals surface area (Å²) in [5, 5.41) is 0. The van der Waals surface area contributed by atoms with Gasteiger partial charge in [-0.2, -0.15) is 0 Å². The first kappa shape index (κ1) is 13.8. The van der Waals surface area contributed by atoms with Gasteiger partial charge in [0.25, 0.3) is 0 Å². The summed E-state index contributed by atoms with van der Waals surface area (Å²) in [6, 6.07) is 2.59. The third-order valence-electron chi connectivity index (χ3n) is 6.29. The average molecular weight is 265 g/mol. The maximum absolute atomic E-state index is 6.62. The van der Waals surface area contributed by atoms with Crippen molar-refractivity contribution >= 4 is 0 Å². The molecular weight excluding hydrogens is 234 g/mol. The van der Waals surface area contributed by atoms with Crippen molar-refractivity contribution in [1.82, 2.24) is 9.80 Å². The Morgan fingerprint density at radius 3 is 2.58 bits per heavy atom. The molecule has 3 fully saturated rings. The van der Waals surface area contributed by atoms with Gasteiger partial charge in [-0.25, -0.2) is 0 Å². The van der Waals surface area contributed by atoms with E-state index in [4.69, 9.17) is 5.73 Å². The van der Waals surface area contributed by atoms with Crippen molar-refractivity contribution in [2.24, 2.45) is 11.1 Å². The van der Waals surface area contributed by atoms with Gasteiger partial charge in [0.1, 0.15) is 0 Å². The molecule has 3 aliphatic rings. The highest BCUT2D eigenvalue weighted by atomic mass is 15.3. The van der Waals surface area contributed by atoms with Crippen LogP contribution < -0.4 is 5.73 Å². The van der Waals surface area contributed by atoms with Crippen molar-refractivity contribution in [2.45, 2.75) is 76.5 Å². The topological polar surface area (TPSA) is 32.5 Å². The van der Waals surface area contributed by atoms with Crippen molar-refractivity contribution < 1.29 is 0 Å². The summed E-state index contributed by atoms with van der Waals surface area (Å²) in [4.78, 5) is 5.38. The lowest BCUT2D eigenvalue weighted by atomic mass is 9.70. The minimum Gasteiger partial charge on any atom is -0.326 e. The van der Waals surface area contributed by atoms with Gasteiger partial charge in [-0.05, 0) is 44.6 Å². The minimum absolute atomic E-state index is 0.320. The molecule has 3 heteroatoms. The Bertz CT molecular complexity index is 328. The molecule has 2 saturated heterocycles. The Labute approximate surface area is 118 Å². The summed E-state index contributed by atoms with van der Waals surface area (Å²) in [5.74, 6) is 0. The van der Waals surface area contributed by atoms with Gasteiger partial charge in [0.2, 0.25) is 0 Å². The summed E-state index contributed by atoms with van der Waals surface area (Å²) in [5.41, 5.74) is 6.94. The highest BCUT2D eigenvalue weighted by Crippen LogP contribution is 2.38. The molecule has 1 aliphatic carbocycles. The van der Waals surface area contributed by atoms with Gasteiger partial charge < -0.3 is 5.73 Å². The van der Waals surface area contributed by atoms with Crippen LogP contribution in [0, 0.1) is 5.41 Å². The summed E-state index contributed by atoms with van der Waals surface area (Å²) >= 11 is 0. The molecule has 2 bridgehead atoms. The smallest absolute Gasteiger partial charge is 0.0253 e. The van der Waals surface area contributed by atoms with Crippen LogP contribution in [0.15, 0.2) is 0 Å². The first-order valence-corrected chi connectivity index (χ1v) is 8.20. The Kier molecular flexibility index (Phi) is 3.65. The van der Waals surface area contributed by atoms with Gasteiger partial charge in [-0.3, -0.25) is 9.80 Å². The van der Waals surface area contributed by atoms with E-state index in [0.29, 0.717) is 17.5 Å². The predicted molar refractivity (Wildman–Crippen MR) is 80.2 cm³/mol. The molecule has 3 nitrogen and oxygen atoms in total. The summed E-state index contributed by atoms with van der Waals surface area (Å²) in [7, 11) is 2.33. The number of likely N-dealkylation sites (N-methyl/N-ethyl adjacent to an activating group) is 1. The summed E-state index contributed by atoms with van der Waals surface area (Å²) in [6.07, 6.45) is 8.11. The van der Waals surface area contributed by atoms with E-state index in [1.54, 1.807) is 0 Å². The zero-order valence-corrected chi connectivity index (χ0v) is 12.9. The predicted octanol–water partition coefficient (Wildman–Crippen LogP) is 2.06. The van der Waals surface area contributed by atoms with Crippen molar-refractivity contribution in [3.63, 3.8) is 0 Å². The molecule has 2 aliphatic heterocycles. The SMILES string of the molecule is CN1C2CCC1CN(C1CCCC(C)(C)C1N)CC2. The third kappa shape index (κ3) is 2.45. The second kappa shape index (κ2) is 5.01. The van der Waals surface area contributed by atoms with Crippen LogP contribution in [-0.4, -0.2) is 54.1 Å². The Morgan fingerprint density at radius 2 is 1.79 bits per heavy atom. The van der Waals surface area contributed by atoms with Crippen LogP contribution in [0.3, 0.4) is 0 Å². The molecule has 0 aromatic heterocycles. The molecular formula is C16H31N3. The molecule has 2 N–H and O–H groups in total. The Balaban J connectivity index is 1.72. The van der Waals surface area contributed by atoms with Gasteiger partial charge >= 0.3 is 0 Å². The Morgan fingerprint density at radius 1 is 1.05 bits per heavy atom. The van der Waals surface area contributed by atoms with Gasteiger partial charge in [0.05, 0.1) is 0 Å². The van der Waals surface area contributed by atoms with Gasteiger partial charge in [0, 0.05) is 37.3 Å². The van der Waals surface area contributed by atoms with Crippen LogP contribution in [0.1, 0.15) is 52.4 Å². The fraction of sp³-hybridized carbons (Fsp3) is 1.00. The second-order valence-corrected chi connectivity index (χ2v) is 7.81. The maximum atomic E-state index is 6.62. The highest BCUT2D eigenvalue weighted by Gasteiger charge is 2.42. The summed E-state index contributed by atoms with van der Waals surface area (Å²) < 4.78 is 0. The van der Waals surface area contributed by atoms with Crippen molar-refractivity contribution in [3.8, 4) is 0 Å². The molecule has 2 heterocycles. The van der Waals surface area contributed by atoms with Crippen LogP contribution in [0.25, 0.3) is 0 Å². The molecule has 3 rings (SSSR count). The molecule has 4 unspecified atom stereocenters. The lowest BCUT2D eigenvalue weighted by molar-refractivity contribution is 0.0618. The second-order valence-electron chi connectivity index (χ2n) is 7.81. The summed E-state index contributed by atoms with van der Waals surface area (Å²) in [6.45, 7) is 7.24. The molecule has 4 atom stereocenters. The van der Waals surface area contributed by atoms with E-state index in [1.807, 2.05) is 0 Å². The number of rotatable bonds is 1. The molecule has 110 valence electrons. The van der Waals surface area contributed by atoms with E-state index < -0.39 is 0 Å². The molecule has 1 saturated carbocycles. The molecule has 0 radical (unpaired) electrons. The minimum atomic E-state index is 0.320. The van der Waals surface area contributed by atoms with E-state index in [1.165, 1.54) is 51.6 Å². The standard InChI is InChI=1S/C16H31N3/c1-16(2)9-4-5-14(15(16)17)19-10-8-12-6-7-13(11-19)18(12)3/h12-15H,4-11,17H2,1-3H3. The normalized spacial score (nSPS) is 44.2. The molecule has 19 heavy (non-hydrogen) atoms. The first-order valence-electron chi connectivity index (χ1n) is 8.20. The van der Waals surface area contributed by atoms with Crippen LogP contribution >= 0.6 is 0 Å². The number of nitrogens with zero attached hydrogens (tertiary/aromatic N) is 2. The van der Waals surface area contributed by atoms with E-state index >= 15 is 0 Å². The maximum Gasteiger partial charge on any atom is 0.0253 e. The van der Waals surface area contributed by atoms with E-state index in [2.05, 4.69) is 30.7 Å². The number of hydrogen-bond acceptors (Lipinski definition) is 3. The fourth-order valence-electron chi connectivity index (χ4n) is 4.68. The number of likely N-dealkylation sites (tertiary alicyclic amines) is 1. The van der Waals surface area contributed by atoms with Crippen LogP contribution in [0.2, 0.25) is 0 Å². The quantitative estimate of drug-likeness (QED) is 0.788. The van der Waals surface area contributed by atoms with Gasteiger partial charge in [-0.15, -0.1) is 0 Å². The lowest BCUT2D eigenvalue weighted by Crippen LogP contribution is -2.58. The molecule has 0 aromatic carbocycles. The third-order valence-corrected chi connectivity index (χ3v) is 6.29. The lowest BCUT2D eigenvalue weighted by Gasteiger charge is -2.47. The van der Waals surface area contributed by atoms with E-state index in [-0.39, 0.29) is 0 Å². The van der Waals surface area contributed by atoms with Crippen LogP contribution in [-0.2, 0) is 0 Å². The monoisotopic (exact) mass is 265 g/mol. The van der Waals surface area contributed by atoms with Crippen LogP contribution in [0.5, 0.6) is 0 Å². The highest BCUT2D eigenvalue weighted by molar-refractivity contribution is 4.99. The molecule has 0 spiro atoms. The average Bonchev–Trinajstić information content (AvgIpc) is 2.58. The van der Waals surface area contributed by atoms with Gasteiger partial charge in [0.15, 0.2) is 0 Å². The number of fused-ring (bicyclic) bond motifs is 2. The zero-order valence-electron chi connectivity index (χ0n) is 12.9. The first-order chi connectivity index (χ1) is 8.99. The van der Waals surface area contributed by atoms with E-state index in [9.17, 15) is 0 Å². The fourth-order valence-corrected chi connectivity index (χ4v) is 4.68. The largest absolute Gasteiger partial charge is 0.326 e. The van der Waals surface area contributed by atoms with E-state index in [0.717, 1.165) is 12.1 Å². The number of nitrogens with two attached hydrogens (primary N) is 1. The van der Waals surface area contributed by atoms with Gasteiger partial charge in [-0.1, -0.05) is 20.3 Å². The van der Waals surface area contributed by atoms with Crippen molar-refractivity contribution in [3.05, 3.63) is 0 Å². The Hall–Kier alpha value is -0.120. The number of hydrogen-bond donors (Lipinski definition) is 1. The van der Waals surface area contributed by atoms with Crippen molar-refractivity contribution in [2.75, 3.05) is 20.1 Å².